The summed E-state index contributed by atoms with van der Waals surface area (Å²) in [5, 5.41) is -0.280. The van der Waals surface area contributed by atoms with Crippen LogP contribution in [0.4, 0.5) is 5.69 Å². The zero-order valence-corrected chi connectivity index (χ0v) is 11.8. The molecule has 0 atom stereocenters. The minimum atomic E-state index is -3.83. The second kappa shape index (κ2) is 5.38. The van der Waals surface area contributed by atoms with Gasteiger partial charge in [-0.1, -0.05) is 0 Å². The molecule has 1 heterocycles. The molecule has 0 N–H and O–H groups in total. The van der Waals surface area contributed by atoms with Crippen molar-refractivity contribution in [3.63, 3.8) is 0 Å². The van der Waals surface area contributed by atoms with Crippen LogP contribution in [0.15, 0.2) is 45.9 Å². The van der Waals surface area contributed by atoms with E-state index in [2.05, 4.69) is 0 Å². The van der Waals surface area contributed by atoms with E-state index in [1.807, 2.05) is 0 Å². The summed E-state index contributed by atoms with van der Waals surface area (Å²) in [6.45, 7) is 0. The second-order valence-electron chi connectivity index (χ2n) is 3.95. The highest BCUT2D eigenvalue weighted by Crippen LogP contribution is 2.25. The largest absolute Gasteiger partial charge is 0.497 e. The van der Waals surface area contributed by atoms with Gasteiger partial charge in [-0.2, -0.15) is 8.42 Å². The summed E-state index contributed by atoms with van der Waals surface area (Å²) in [5.41, 5.74) is 0.454. The average molecular weight is 295 g/mol. The van der Waals surface area contributed by atoms with Gasteiger partial charge in [0.2, 0.25) is 5.09 Å². The molecule has 106 valence electrons. The normalized spacial score (nSPS) is 11.1. The number of rotatable bonds is 5. The van der Waals surface area contributed by atoms with Crippen molar-refractivity contribution in [1.82, 2.24) is 0 Å². The van der Waals surface area contributed by atoms with Crippen molar-refractivity contribution in [1.29, 1.82) is 0 Å². The zero-order chi connectivity index (χ0) is 14.8. The molecule has 0 amide bonds. The molecule has 20 heavy (non-hydrogen) atoms. The van der Waals surface area contributed by atoms with Crippen molar-refractivity contribution in [2.24, 2.45) is 0 Å². The quantitative estimate of drug-likeness (QED) is 0.788. The molecule has 0 bridgehead atoms. The molecular weight excluding hydrogens is 282 g/mol. The fourth-order valence-corrected chi connectivity index (χ4v) is 2.71. The van der Waals surface area contributed by atoms with E-state index < -0.39 is 10.0 Å². The number of nitrogens with zero attached hydrogens (tertiary/aromatic N) is 1. The Labute approximate surface area is 116 Å². The molecule has 0 aliphatic rings. The SMILES string of the molecule is COc1ccc(N(C)S(=O)(=O)c2ccc(C=O)o2)cc1. The van der Waals surface area contributed by atoms with Gasteiger partial charge in [0.25, 0.3) is 10.0 Å². The minimum Gasteiger partial charge on any atom is -0.497 e. The number of hydrogen-bond acceptors (Lipinski definition) is 5. The predicted octanol–water partition coefficient (Wildman–Crippen LogP) is 1.93. The number of hydrogen-bond donors (Lipinski definition) is 0. The van der Waals surface area contributed by atoms with Crippen molar-refractivity contribution in [2.45, 2.75) is 5.09 Å². The number of carbonyl (C=O) groups excluding carboxylic acids is 1. The van der Waals surface area contributed by atoms with E-state index in [0.29, 0.717) is 17.7 Å². The Balaban J connectivity index is 2.34. The minimum absolute atomic E-state index is 0.0355. The maximum atomic E-state index is 12.3. The van der Waals surface area contributed by atoms with E-state index in [9.17, 15) is 13.2 Å². The first-order chi connectivity index (χ1) is 9.48. The third-order valence-corrected chi connectivity index (χ3v) is 4.43. The molecule has 0 radical (unpaired) electrons. The standard InChI is InChI=1S/C13H13NO5S/c1-14(10-3-5-11(18-2)6-4-10)20(16,17)13-8-7-12(9-15)19-13/h3-9H,1-2H3. The van der Waals surface area contributed by atoms with E-state index >= 15 is 0 Å². The molecule has 2 aromatic rings. The van der Waals surface area contributed by atoms with Gasteiger partial charge in [0.05, 0.1) is 12.8 Å². The highest BCUT2D eigenvalue weighted by atomic mass is 32.2. The monoisotopic (exact) mass is 295 g/mol. The third kappa shape index (κ3) is 2.53. The van der Waals surface area contributed by atoms with Crippen molar-refractivity contribution in [2.75, 3.05) is 18.5 Å². The lowest BCUT2D eigenvalue weighted by molar-refractivity contribution is 0.109. The summed E-state index contributed by atoms with van der Waals surface area (Å²) in [6, 6.07) is 9.08. The first kappa shape index (κ1) is 14.1. The zero-order valence-electron chi connectivity index (χ0n) is 10.9. The van der Waals surface area contributed by atoms with Gasteiger partial charge < -0.3 is 9.15 Å². The summed E-state index contributed by atoms with van der Waals surface area (Å²) >= 11 is 0. The van der Waals surface area contributed by atoms with Crippen LogP contribution in [0.3, 0.4) is 0 Å². The van der Waals surface area contributed by atoms with Gasteiger partial charge in [0.1, 0.15) is 5.75 Å². The average Bonchev–Trinajstić information content (AvgIpc) is 2.96. The maximum Gasteiger partial charge on any atom is 0.297 e. The van der Waals surface area contributed by atoms with Crippen LogP contribution in [0.1, 0.15) is 10.6 Å². The first-order valence-electron chi connectivity index (χ1n) is 5.67. The molecule has 6 nitrogen and oxygen atoms in total. The summed E-state index contributed by atoms with van der Waals surface area (Å²) in [5.74, 6) is 0.590. The van der Waals surface area contributed by atoms with E-state index in [1.54, 1.807) is 24.3 Å². The lowest BCUT2D eigenvalue weighted by Crippen LogP contribution is -2.26. The number of aldehydes is 1. The van der Waals surface area contributed by atoms with Crippen LogP contribution >= 0.6 is 0 Å². The topological polar surface area (TPSA) is 76.8 Å². The summed E-state index contributed by atoms with van der Waals surface area (Å²) < 4.78 is 35.6. The lowest BCUT2D eigenvalue weighted by Gasteiger charge is -2.17. The van der Waals surface area contributed by atoms with E-state index in [4.69, 9.17) is 9.15 Å². The van der Waals surface area contributed by atoms with E-state index in [0.717, 1.165) is 4.31 Å². The maximum absolute atomic E-state index is 12.3. The Morgan fingerprint density at radius 2 is 1.80 bits per heavy atom. The first-order valence-corrected chi connectivity index (χ1v) is 7.11. The molecule has 0 aliphatic heterocycles. The third-order valence-electron chi connectivity index (χ3n) is 2.77. The van der Waals surface area contributed by atoms with Crippen LogP contribution in [0.2, 0.25) is 0 Å². The summed E-state index contributed by atoms with van der Waals surface area (Å²) in [7, 11) is -0.904. The van der Waals surface area contributed by atoms with Gasteiger partial charge in [-0.3, -0.25) is 9.10 Å². The van der Waals surface area contributed by atoms with Gasteiger partial charge >= 0.3 is 0 Å². The molecular formula is C13H13NO5S. The second-order valence-corrected chi connectivity index (χ2v) is 5.85. The van der Waals surface area contributed by atoms with Gasteiger partial charge in [0.15, 0.2) is 12.0 Å². The van der Waals surface area contributed by atoms with Crippen LogP contribution in [0, 0.1) is 0 Å². The molecule has 0 spiro atoms. The Kier molecular flexibility index (Phi) is 3.80. The number of carbonyl (C=O) groups is 1. The predicted molar refractivity (Wildman–Crippen MR) is 72.7 cm³/mol. The molecule has 1 aromatic heterocycles. The van der Waals surface area contributed by atoms with Crippen LogP contribution in [-0.4, -0.2) is 28.9 Å². The van der Waals surface area contributed by atoms with Gasteiger partial charge in [-0.15, -0.1) is 0 Å². The van der Waals surface area contributed by atoms with E-state index in [-0.39, 0.29) is 10.9 Å². The Bertz CT molecular complexity index is 703. The number of furan rings is 1. The number of methoxy groups -OCH3 is 1. The van der Waals surface area contributed by atoms with Crippen LogP contribution < -0.4 is 9.04 Å². The molecule has 7 heteroatoms. The van der Waals surface area contributed by atoms with Gasteiger partial charge in [0, 0.05) is 7.05 Å². The van der Waals surface area contributed by atoms with E-state index in [1.165, 1.54) is 26.3 Å². The van der Waals surface area contributed by atoms with Crippen molar-refractivity contribution < 1.29 is 22.4 Å². The summed E-state index contributed by atoms with van der Waals surface area (Å²) in [4.78, 5) is 10.5. The van der Waals surface area contributed by atoms with Crippen LogP contribution in [0.25, 0.3) is 0 Å². The smallest absolute Gasteiger partial charge is 0.297 e. The molecule has 0 aliphatic carbocycles. The molecule has 2 rings (SSSR count). The Morgan fingerprint density at radius 3 is 2.30 bits per heavy atom. The number of ether oxygens (including phenoxy) is 1. The number of anilines is 1. The molecule has 0 fully saturated rings. The lowest BCUT2D eigenvalue weighted by atomic mass is 10.3. The fourth-order valence-electron chi connectivity index (χ4n) is 1.60. The Morgan fingerprint density at radius 1 is 1.15 bits per heavy atom. The Hall–Kier alpha value is -2.28. The molecule has 0 saturated carbocycles. The molecule has 0 unspecified atom stereocenters. The van der Waals surface area contributed by atoms with Crippen LogP contribution in [0.5, 0.6) is 5.75 Å². The fraction of sp³-hybridized carbons (Fsp3) is 0.154. The molecule has 0 saturated heterocycles. The van der Waals surface area contributed by atoms with Crippen molar-refractivity contribution in [3.8, 4) is 5.75 Å². The molecule has 1 aromatic carbocycles. The van der Waals surface area contributed by atoms with Crippen molar-refractivity contribution >= 4 is 22.0 Å². The highest BCUT2D eigenvalue weighted by molar-refractivity contribution is 7.92. The van der Waals surface area contributed by atoms with Crippen molar-refractivity contribution in [3.05, 3.63) is 42.2 Å². The van der Waals surface area contributed by atoms with Gasteiger partial charge in [-0.05, 0) is 36.4 Å². The summed E-state index contributed by atoms with van der Waals surface area (Å²) in [6.07, 6.45) is 0.451. The highest BCUT2D eigenvalue weighted by Gasteiger charge is 2.25. The number of benzene rings is 1. The van der Waals surface area contributed by atoms with Gasteiger partial charge in [-0.25, -0.2) is 0 Å². The van der Waals surface area contributed by atoms with Crippen LogP contribution in [-0.2, 0) is 10.0 Å². The number of sulfonamides is 1.